The second-order valence-corrected chi connectivity index (χ2v) is 14.0. The van der Waals surface area contributed by atoms with Gasteiger partial charge < -0.3 is 9.80 Å². The van der Waals surface area contributed by atoms with E-state index in [4.69, 9.17) is 0 Å². The zero-order valence-electron chi connectivity index (χ0n) is 33.1. The van der Waals surface area contributed by atoms with Gasteiger partial charge in [0.25, 0.3) is 0 Å². The highest BCUT2D eigenvalue weighted by atomic mass is 15.2. The lowest BCUT2D eigenvalue weighted by atomic mass is 9.90. The lowest BCUT2D eigenvalue weighted by Crippen LogP contribution is -2.45. The first kappa shape index (κ1) is 43.4. The van der Waals surface area contributed by atoms with Crippen LogP contribution < -0.4 is 4.90 Å². The zero-order valence-corrected chi connectivity index (χ0v) is 33.1. The molecule has 2 aliphatic rings. The van der Waals surface area contributed by atoms with Crippen molar-refractivity contribution in [3.63, 3.8) is 0 Å². The number of aromatic nitrogens is 1. The summed E-state index contributed by atoms with van der Waals surface area (Å²) in [5, 5.41) is 0. The van der Waals surface area contributed by atoms with E-state index in [9.17, 15) is 0 Å². The molecule has 0 amide bonds. The Hall–Kier alpha value is -2.59. The Morgan fingerprint density at radius 1 is 0.792 bits per heavy atom. The van der Waals surface area contributed by atoms with Crippen molar-refractivity contribution in [2.24, 2.45) is 5.92 Å². The Bertz CT molecular complexity index is 1070. The van der Waals surface area contributed by atoms with E-state index in [1.54, 1.807) is 0 Å². The van der Waals surface area contributed by atoms with Gasteiger partial charge in [-0.3, -0.25) is 9.88 Å². The average Bonchev–Trinajstić information content (AvgIpc) is 3.12. The molecule has 0 radical (unpaired) electrons. The van der Waals surface area contributed by atoms with Gasteiger partial charge in [-0.05, 0) is 87.4 Å². The number of unbranched alkanes of at least 4 members (excludes halogenated alkanes) is 4. The van der Waals surface area contributed by atoms with E-state index in [0.29, 0.717) is 17.9 Å². The Labute approximate surface area is 299 Å². The molecular formula is C44H76N4. The van der Waals surface area contributed by atoms with Crippen molar-refractivity contribution in [2.45, 2.75) is 158 Å². The molecule has 2 saturated heterocycles. The van der Waals surface area contributed by atoms with Gasteiger partial charge in [0.1, 0.15) is 0 Å². The summed E-state index contributed by atoms with van der Waals surface area (Å²) in [6.07, 6.45) is 19.1. The van der Waals surface area contributed by atoms with Gasteiger partial charge in [0, 0.05) is 61.1 Å². The SMILES string of the molecule is C=C(C1CCN(Cc2ccncc2)CC1)N1CCC(N(C(=C)C)c2ccccc2C(C)CC)CC1.CCC.CCCC.CCCCCC. The van der Waals surface area contributed by atoms with Gasteiger partial charge in [0.2, 0.25) is 0 Å². The fourth-order valence-corrected chi connectivity index (χ4v) is 6.40. The van der Waals surface area contributed by atoms with Crippen LogP contribution in [0.3, 0.4) is 0 Å². The monoisotopic (exact) mass is 661 g/mol. The maximum absolute atomic E-state index is 4.59. The second kappa shape index (κ2) is 26.3. The predicted molar refractivity (Wildman–Crippen MR) is 215 cm³/mol. The number of anilines is 1. The molecule has 1 aromatic carbocycles. The number of rotatable bonds is 13. The van der Waals surface area contributed by atoms with Crippen molar-refractivity contribution < 1.29 is 0 Å². The molecule has 4 nitrogen and oxygen atoms in total. The standard InChI is InChI=1S/C31H44N4.C6H14.C4H10.C3H8/c1-6-25(4)30-9-7-8-10-31(30)35(24(2)3)29-15-21-34(22-16-29)26(5)28-13-19-33(20-14-28)23-27-11-17-32-18-12-27;1-3-5-6-4-2;1-3-4-2;1-3-2/h7-12,17-18,25,28-29H,2,5-6,13-16,19-23H2,1,3-4H3;3-6H2,1-2H3;3-4H2,1-2H3;3H2,1-2H3. The fraction of sp³-hybridized carbons (Fsp3) is 0.659. The van der Waals surface area contributed by atoms with Crippen LogP contribution in [-0.2, 0) is 6.54 Å². The highest BCUT2D eigenvalue weighted by Crippen LogP contribution is 2.36. The number of pyridine rings is 1. The first-order valence-electron chi connectivity index (χ1n) is 19.8. The van der Waals surface area contributed by atoms with Crippen LogP contribution in [0, 0.1) is 5.92 Å². The minimum absolute atomic E-state index is 0.504. The molecule has 2 aromatic rings. The molecule has 48 heavy (non-hydrogen) atoms. The molecule has 0 bridgehead atoms. The van der Waals surface area contributed by atoms with Gasteiger partial charge in [-0.1, -0.05) is 132 Å². The molecule has 272 valence electrons. The summed E-state index contributed by atoms with van der Waals surface area (Å²) in [4.78, 5) is 11.8. The molecule has 1 aromatic heterocycles. The van der Waals surface area contributed by atoms with Gasteiger partial charge in [-0.15, -0.1) is 0 Å². The number of likely N-dealkylation sites (tertiary alicyclic amines) is 2. The summed E-state index contributed by atoms with van der Waals surface area (Å²) >= 11 is 0. The minimum atomic E-state index is 0.504. The van der Waals surface area contributed by atoms with Crippen LogP contribution in [-0.4, -0.2) is 47.0 Å². The highest BCUT2D eigenvalue weighted by Gasteiger charge is 2.30. The molecule has 4 heteroatoms. The molecule has 4 rings (SSSR count). The molecule has 0 N–H and O–H groups in total. The second-order valence-electron chi connectivity index (χ2n) is 14.0. The largest absolute Gasteiger partial charge is 0.375 e. The molecule has 0 aliphatic carbocycles. The molecule has 1 atom stereocenters. The minimum Gasteiger partial charge on any atom is -0.375 e. The van der Waals surface area contributed by atoms with Crippen LogP contribution in [0.4, 0.5) is 5.69 Å². The molecule has 1 unspecified atom stereocenters. The van der Waals surface area contributed by atoms with E-state index in [0.717, 1.165) is 57.7 Å². The van der Waals surface area contributed by atoms with Crippen molar-refractivity contribution >= 4 is 5.69 Å². The highest BCUT2D eigenvalue weighted by molar-refractivity contribution is 5.59. The lowest BCUT2D eigenvalue weighted by Gasteiger charge is -2.44. The maximum atomic E-state index is 4.59. The van der Waals surface area contributed by atoms with Crippen LogP contribution in [0.5, 0.6) is 0 Å². The molecular weight excluding hydrogens is 585 g/mol. The first-order chi connectivity index (χ1) is 23.2. The number of nitrogens with zero attached hydrogens (tertiary/aromatic N) is 4. The normalized spacial score (nSPS) is 15.9. The number of piperidine rings is 2. The summed E-state index contributed by atoms with van der Waals surface area (Å²) in [5.41, 5.74) is 6.68. The summed E-state index contributed by atoms with van der Waals surface area (Å²) in [6, 6.07) is 13.7. The molecule has 2 fully saturated rings. The molecule has 3 heterocycles. The third kappa shape index (κ3) is 15.7. The van der Waals surface area contributed by atoms with Crippen LogP contribution in [0.15, 0.2) is 73.3 Å². The van der Waals surface area contributed by atoms with Gasteiger partial charge in [0.15, 0.2) is 0 Å². The fourth-order valence-electron chi connectivity index (χ4n) is 6.40. The smallest absolute Gasteiger partial charge is 0.0445 e. The summed E-state index contributed by atoms with van der Waals surface area (Å²) in [5.74, 6) is 1.17. The van der Waals surface area contributed by atoms with Crippen LogP contribution in [0.2, 0.25) is 0 Å². The summed E-state index contributed by atoms with van der Waals surface area (Å²) in [6.45, 7) is 34.3. The van der Waals surface area contributed by atoms with Crippen molar-refractivity contribution in [3.05, 3.63) is 84.5 Å². The number of benzene rings is 1. The van der Waals surface area contributed by atoms with Gasteiger partial charge in [-0.25, -0.2) is 0 Å². The number of para-hydroxylation sites is 1. The maximum Gasteiger partial charge on any atom is 0.0445 e. The van der Waals surface area contributed by atoms with Gasteiger partial charge in [0.05, 0.1) is 0 Å². The van der Waals surface area contributed by atoms with Crippen molar-refractivity contribution in [2.75, 3.05) is 31.1 Å². The molecule has 0 spiro atoms. The average molecular weight is 661 g/mol. The number of allylic oxidation sites excluding steroid dienone is 2. The van der Waals surface area contributed by atoms with E-state index >= 15 is 0 Å². The van der Waals surface area contributed by atoms with Crippen molar-refractivity contribution in [1.82, 2.24) is 14.8 Å². The lowest BCUT2D eigenvalue weighted by molar-refractivity contribution is 0.160. The Balaban J connectivity index is 0.000000757. The van der Waals surface area contributed by atoms with E-state index in [1.165, 1.54) is 80.3 Å². The summed E-state index contributed by atoms with van der Waals surface area (Å²) in [7, 11) is 0. The quantitative estimate of drug-likeness (QED) is 0.199. The van der Waals surface area contributed by atoms with Gasteiger partial charge >= 0.3 is 0 Å². The third-order valence-electron chi connectivity index (χ3n) is 9.66. The number of hydrogen-bond acceptors (Lipinski definition) is 4. The van der Waals surface area contributed by atoms with E-state index < -0.39 is 0 Å². The predicted octanol–water partition coefficient (Wildman–Crippen LogP) is 12.6. The van der Waals surface area contributed by atoms with Crippen LogP contribution in [0.25, 0.3) is 0 Å². The van der Waals surface area contributed by atoms with Crippen molar-refractivity contribution in [3.8, 4) is 0 Å². The topological polar surface area (TPSA) is 22.6 Å². The third-order valence-corrected chi connectivity index (χ3v) is 9.66. The summed E-state index contributed by atoms with van der Waals surface area (Å²) < 4.78 is 0. The van der Waals surface area contributed by atoms with E-state index in [-0.39, 0.29) is 0 Å². The Kier molecular flexibility index (Phi) is 23.8. The number of hydrogen-bond donors (Lipinski definition) is 0. The molecule has 0 saturated carbocycles. The Morgan fingerprint density at radius 2 is 1.33 bits per heavy atom. The van der Waals surface area contributed by atoms with Crippen LogP contribution >= 0.6 is 0 Å². The first-order valence-corrected chi connectivity index (χ1v) is 19.8. The van der Waals surface area contributed by atoms with E-state index in [2.05, 4.69) is 132 Å². The molecule has 2 aliphatic heterocycles. The zero-order chi connectivity index (χ0) is 35.7. The van der Waals surface area contributed by atoms with Gasteiger partial charge in [-0.2, -0.15) is 0 Å². The van der Waals surface area contributed by atoms with E-state index in [1.807, 2.05) is 12.4 Å². The van der Waals surface area contributed by atoms with Crippen molar-refractivity contribution in [1.29, 1.82) is 0 Å². The van der Waals surface area contributed by atoms with Crippen LogP contribution in [0.1, 0.15) is 156 Å². The Morgan fingerprint density at radius 3 is 1.81 bits per heavy atom.